The fraction of sp³-hybridized carbons (Fsp3) is 0.133. The number of aryl methyl sites for hydroxylation is 1. The fourth-order valence-corrected chi connectivity index (χ4v) is 2.66. The summed E-state index contributed by atoms with van der Waals surface area (Å²) in [5.41, 5.74) is 3.36. The van der Waals surface area contributed by atoms with E-state index in [9.17, 15) is 0 Å². The summed E-state index contributed by atoms with van der Waals surface area (Å²) in [7, 11) is 2.07. The zero-order valence-electron chi connectivity index (χ0n) is 10.7. The molecule has 0 radical (unpaired) electrons. The third kappa shape index (κ3) is 1.50. The molecule has 19 heavy (non-hydrogen) atoms. The van der Waals surface area contributed by atoms with Crippen LogP contribution in [0.25, 0.3) is 22.8 Å². The van der Waals surface area contributed by atoms with E-state index in [2.05, 4.69) is 51.5 Å². The minimum absolute atomic E-state index is 0.784. The molecule has 4 heteroatoms. The minimum Gasteiger partial charge on any atom is -0.191 e. The second-order valence-electron chi connectivity index (χ2n) is 4.82. The van der Waals surface area contributed by atoms with Crippen molar-refractivity contribution in [3.8, 4) is 22.8 Å². The van der Waals surface area contributed by atoms with E-state index >= 15 is 0 Å². The topological polar surface area (TPSA) is 25.6 Å². The Bertz CT molecular complexity index is 759. The third-order valence-corrected chi connectivity index (χ3v) is 3.55. The zero-order valence-corrected chi connectivity index (χ0v) is 10.7. The number of rotatable bonds is 1. The predicted octanol–water partition coefficient (Wildman–Crippen LogP) is 1.15. The molecule has 0 spiro atoms. The second-order valence-corrected chi connectivity index (χ2v) is 4.82. The van der Waals surface area contributed by atoms with E-state index in [0.717, 1.165) is 17.9 Å². The number of aromatic nitrogens is 4. The predicted molar refractivity (Wildman–Crippen MR) is 69.9 cm³/mol. The van der Waals surface area contributed by atoms with Crippen molar-refractivity contribution in [1.29, 1.82) is 0 Å². The Morgan fingerprint density at radius 1 is 1.11 bits per heavy atom. The molecule has 0 atom stereocenters. The van der Waals surface area contributed by atoms with Gasteiger partial charge in [0.2, 0.25) is 12.4 Å². The first kappa shape index (κ1) is 10.4. The van der Waals surface area contributed by atoms with Gasteiger partial charge in [-0.2, -0.15) is 9.78 Å². The average molecular weight is 250 g/mol. The molecule has 3 heterocycles. The van der Waals surface area contributed by atoms with Crippen molar-refractivity contribution in [3.63, 3.8) is 0 Å². The summed E-state index contributed by atoms with van der Waals surface area (Å²) in [4.78, 5) is 0. The molecule has 0 aliphatic carbocycles. The van der Waals surface area contributed by atoms with Crippen LogP contribution >= 0.6 is 0 Å². The van der Waals surface area contributed by atoms with Gasteiger partial charge in [0, 0.05) is 11.6 Å². The van der Waals surface area contributed by atoms with E-state index in [0.29, 0.717) is 0 Å². The lowest BCUT2D eigenvalue weighted by Gasteiger charge is -1.95. The Balaban J connectivity index is 1.89. The molecule has 0 amide bonds. The van der Waals surface area contributed by atoms with Crippen LogP contribution in [0.1, 0.15) is 0 Å². The van der Waals surface area contributed by atoms with Crippen LogP contribution < -0.4 is 9.13 Å². The van der Waals surface area contributed by atoms with Crippen molar-refractivity contribution in [3.05, 3.63) is 54.9 Å². The van der Waals surface area contributed by atoms with Gasteiger partial charge in [-0.25, -0.2) is 0 Å². The highest BCUT2D eigenvalue weighted by Crippen LogP contribution is 2.24. The molecule has 0 saturated heterocycles. The monoisotopic (exact) mass is 250 g/mol. The number of hydrogen-bond acceptors (Lipinski definition) is 1. The summed E-state index contributed by atoms with van der Waals surface area (Å²) < 4.78 is 6.39. The summed E-state index contributed by atoms with van der Waals surface area (Å²) in [6, 6.07) is 14.5. The highest BCUT2D eigenvalue weighted by Gasteiger charge is 2.36. The molecule has 0 fully saturated rings. The molecule has 0 N–H and O–H groups in total. The number of hydrogen-bond donors (Lipinski definition) is 0. The Morgan fingerprint density at radius 2 is 1.95 bits per heavy atom. The van der Waals surface area contributed by atoms with Crippen LogP contribution in [0.5, 0.6) is 0 Å². The van der Waals surface area contributed by atoms with Crippen molar-refractivity contribution in [2.24, 2.45) is 7.05 Å². The molecule has 0 saturated carbocycles. The first-order chi connectivity index (χ1) is 9.33. The van der Waals surface area contributed by atoms with Crippen LogP contribution in [0.3, 0.4) is 0 Å². The van der Waals surface area contributed by atoms with Crippen LogP contribution in [0.2, 0.25) is 0 Å². The number of nitrogens with zero attached hydrogens (tertiary/aromatic N) is 4. The Kier molecular flexibility index (Phi) is 2.06. The molecule has 0 unspecified atom stereocenters. The Morgan fingerprint density at radius 3 is 2.79 bits per heavy atom. The lowest BCUT2D eigenvalue weighted by Crippen LogP contribution is -2.45. The van der Waals surface area contributed by atoms with Crippen LogP contribution in [0.4, 0.5) is 0 Å². The van der Waals surface area contributed by atoms with Gasteiger partial charge < -0.3 is 0 Å². The van der Waals surface area contributed by atoms with Gasteiger partial charge in [0.1, 0.15) is 7.05 Å². The smallest absolute Gasteiger partial charge is 0.191 e. The van der Waals surface area contributed by atoms with E-state index in [1.54, 1.807) is 0 Å². The quantitative estimate of drug-likeness (QED) is 0.465. The summed E-state index contributed by atoms with van der Waals surface area (Å²) in [5.74, 6) is 1.19. The molecular weight excluding hydrogens is 236 g/mol. The van der Waals surface area contributed by atoms with E-state index in [1.165, 1.54) is 11.5 Å². The second kappa shape index (κ2) is 3.75. The first-order valence-electron chi connectivity index (χ1n) is 6.35. The van der Waals surface area contributed by atoms with E-state index < -0.39 is 0 Å². The molecule has 4 rings (SSSR count). The highest BCUT2D eigenvalue weighted by atomic mass is 15.4. The zero-order chi connectivity index (χ0) is 12.8. The third-order valence-electron chi connectivity index (χ3n) is 3.55. The van der Waals surface area contributed by atoms with Crippen molar-refractivity contribution in [2.75, 3.05) is 0 Å². The summed E-state index contributed by atoms with van der Waals surface area (Å²) in [5, 5.41) is 4.70. The highest BCUT2D eigenvalue weighted by molar-refractivity contribution is 5.64. The molecule has 92 valence electrons. The van der Waals surface area contributed by atoms with Gasteiger partial charge in [-0.3, -0.25) is 0 Å². The largest absolute Gasteiger partial charge is 0.471 e. The normalized spacial score (nSPS) is 12.3. The van der Waals surface area contributed by atoms with Crippen molar-refractivity contribution < 1.29 is 9.13 Å². The Hall–Kier alpha value is -2.49. The molecule has 2 aromatic heterocycles. The molecule has 0 bridgehead atoms. The maximum atomic E-state index is 4.70. The maximum absolute atomic E-state index is 4.70. The van der Waals surface area contributed by atoms with Crippen LogP contribution in [-0.2, 0) is 13.7 Å². The molecule has 1 aliphatic heterocycles. The fourth-order valence-electron chi connectivity index (χ4n) is 2.66. The van der Waals surface area contributed by atoms with Gasteiger partial charge in [0.15, 0.2) is 12.4 Å². The lowest BCUT2D eigenvalue weighted by molar-refractivity contribution is -0.793. The minimum atomic E-state index is 0.784. The van der Waals surface area contributed by atoms with E-state index in [-0.39, 0.29) is 0 Å². The Labute approximate surface area is 111 Å². The van der Waals surface area contributed by atoms with E-state index in [1.807, 2.05) is 24.3 Å². The summed E-state index contributed by atoms with van der Waals surface area (Å²) in [6.07, 6.45) is 4.16. The standard InChI is InChI=1S/C15H14N4/c1-17-8-5-9-18-11-19-14(15(17)18)10-13(16-19)12-6-3-2-4-7-12/h2-10H,11H2,1H3/q+2. The van der Waals surface area contributed by atoms with Gasteiger partial charge >= 0.3 is 5.82 Å². The van der Waals surface area contributed by atoms with Crippen molar-refractivity contribution in [2.45, 2.75) is 6.67 Å². The summed E-state index contributed by atoms with van der Waals surface area (Å²) >= 11 is 0. The molecule has 1 aliphatic rings. The molecule has 4 nitrogen and oxygen atoms in total. The SMILES string of the molecule is C[n+]1ccc[n+]2c1-c1cc(-c3ccccc3)nn1C2. The van der Waals surface area contributed by atoms with Crippen LogP contribution in [0, 0.1) is 0 Å². The first-order valence-corrected chi connectivity index (χ1v) is 6.35. The maximum Gasteiger partial charge on any atom is 0.471 e. The van der Waals surface area contributed by atoms with Crippen LogP contribution in [-0.4, -0.2) is 9.78 Å². The average Bonchev–Trinajstić information content (AvgIpc) is 2.97. The van der Waals surface area contributed by atoms with Gasteiger partial charge in [0.05, 0.1) is 11.8 Å². The van der Waals surface area contributed by atoms with Gasteiger partial charge in [-0.05, 0) is 0 Å². The summed E-state index contributed by atoms with van der Waals surface area (Å²) in [6.45, 7) is 0.784. The van der Waals surface area contributed by atoms with Gasteiger partial charge in [-0.1, -0.05) is 30.3 Å². The van der Waals surface area contributed by atoms with Gasteiger partial charge in [-0.15, -0.1) is 9.13 Å². The number of fused-ring (bicyclic) bond motifs is 3. The van der Waals surface area contributed by atoms with Crippen molar-refractivity contribution in [1.82, 2.24) is 9.78 Å². The molecule has 3 aromatic rings. The van der Waals surface area contributed by atoms with Crippen LogP contribution in [0.15, 0.2) is 54.9 Å². The number of benzene rings is 1. The van der Waals surface area contributed by atoms with E-state index in [4.69, 9.17) is 5.10 Å². The lowest BCUT2D eigenvalue weighted by atomic mass is 10.1. The molecular formula is C15H14N4+2. The van der Waals surface area contributed by atoms with Crippen molar-refractivity contribution >= 4 is 0 Å². The van der Waals surface area contributed by atoms with Gasteiger partial charge in [0.25, 0.3) is 0 Å². The molecule has 1 aromatic carbocycles.